The summed E-state index contributed by atoms with van der Waals surface area (Å²) in [4.78, 5) is 14.6. The van der Waals surface area contributed by atoms with Crippen LogP contribution in [-0.4, -0.2) is 55.4 Å². The maximum atomic E-state index is 12.3. The quantitative estimate of drug-likeness (QED) is 0.829. The summed E-state index contributed by atoms with van der Waals surface area (Å²) >= 11 is 0. The molecule has 0 bridgehead atoms. The van der Waals surface area contributed by atoms with Gasteiger partial charge in [-0.1, -0.05) is 30.3 Å². The van der Waals surface area contributed by atoms with Gasteiger partial charge in [-0.15, -0.1) is 0 Å². The molecule has 1 atom stereocenters. The summed E-state index contributed by atoms with van der Waals surface area (Å²) < 4.78 is 10.8. The Morgan fingerprint density at radius 2 is 2.12 bits per heavy atom. The summed E-state index contributed by atoms with van der Waals surface area (Å²) in [5.74, 6) is 0.0808. The van der Waals surface area contributed by atoms with Gasteiger partial charge >= 0.3 is 0 Å². The van der Waals surface area contributed by atoms with Crippen LogP contribution in [0, 0.1) is 0 Å². The monoisotopic (exact) mass is 356 g/mol. The Morgan fingerprint density at radius 1 is 1.31 bits per heavy atom. The van der Waals surface area contributed by atoms with Gasteiger partial charge in [-0.2, -0.15) is 0 Å². The van der Waals surface area contributed by atoms with Crippen LogP contribution in [0.3, 0.4) is 0 Å². The fourth-order valence-electron chi connectivity index (χ4n) is 3.02. The normalized spacial score (nSPS) is 17.7. The zero-order valence-electron chi connectivity index (χ0n) is 14.9. The SMILES string of the molecule is COc1ccc(C(=O)NC[C@@H]2CN(Cc3ccccc3)CCO2)c(O)c1. The minimum absolute atomic E-state index is 0.0724. The van der Waals surface area contributed by atoms with Crippen molar-refractivity contribution in [2.24, 2.45) is 0 Å². The number of ether oxygens (including phenoxy) is 2. The number of nitrogens with one attached hydrogen (secondary N) is 1. The molecule has 0 aliphatic carbocycles. The molecule has 0 saturated carbocycles. The van der Waals surface area contributed by atoms with Crippen molar-refractivity contribution in [1.29, 1.82) is 0 Å². The van der Waals surface area contributed by atoms with Crippen molar-refractivity contribution < 1.29 is 19.4 Å². The zero-order valence-corrected chi connectivity index (χ0v) is 14.9. The van der Waals surface area contributed by atoms with Crippen LogP contribution in [0.4, 0.5) is 0 Å². The molecule has 0 aromatic heterocycles. The first-order chi connectivity index (χ1) is 12.7. The number of phenols is 1. The van der Waals surface area contributed by atoms with E-state index in [1.54, 1.807) is 12.1 Å². The molecular weight excluding hydrogens is 332 g/mol. The lowest BCUT2D eigenvalue weighted by atomic mass is 10.1. The molecule has 6 nitrogen and oxygen atoms in total. The molecule has 1 aliphatic rings. The Hall–Kier alpha value is -2.57. The van der Waals surface area contributed by atoms with E-state index in [1.807, 2.05) is 18.2 Å². The number of amides is 1. The van der Waals surface area contributed by atoms with Crippen LogP contribution in [-0.2, 0) is 11.3 Å². The summed E-state index contributed by atoms with van der Waals surface area (Å²) in [6.45, 7) is 3.53. The molecule has 0 spiro atoms. The standard InChI is InChI=1S/C20H24N2O4/c1-25-16-7-8-18(19(23)11-16)20(24)21-12-17-14-22(9-10-26-17)13-15-5-3-2-4-6-15/h2-8,11,17,23H,9-10,12-14H2,1H3,(H,21,24)/t17-/m1/s1. The van der Waals surface area contributed by atoms with Crippen molar-refractivity contribution in [1.82, 2.24) is 10.2 Å². The summed E-state index contributed by atoms with van der Waals surface area (Å²) in [5.41, 5.74) is 1.49. The second-order valence-electron chi connectivity index (χ2n) is 6.31. The van der Waals surface area contributed by atoms with Gasteiger partial charge in [0.1, 0.15) is 11.5 Å². The minimum atomic E-state index is -0.325. The van der Waals surface area contributed by atoms with E-state index >= 15 is 0 Å². The van der Waals surface area contributed by atoms with Crippen molar-refractivity contribution in [3.05, 3.63) is 59.7 Å². The van der Waals surface area contributed by atoms with E-state index < -0.39 is 0 Å². The Bertz CT molecular complexity index is 736. The number of phenolic OH excluding ortho intramolecular Hbond substituents is 1. The highest BCUT2D eigenvalue weighted by Crippen LogP contribution is 2.23. The summed E-state index contributed by atoms with van der Waals surface area (Å²) in [6.07, 6.45) is -0.0724. The van der Waals surface area contributed by atoms with Crippen molar-refractivity contribution in [2.45, 2.75) is 12.6 Å². The highest BCUT2D eigenvalue weighted by molar-refractivity contribution is 5.97. The molecule has 138 valence electrons. The van der Waals surface area contributed by atoms with Gasteiger partial charge in [-0.05, 0) is 17.7 Å². The van der Waals surface area contributed by atoms with E-state index in [4.69, 9.17) is 9.47 Å². The number of nitrogens with zero attached hydrogens (tertiary/aromatic N) is 1. The Kier molecular flexibility index (Phi) is 6.09. The van der Waals surface area contributed by atoms with E-state index in [-0.39, 0.29) is 23.3 Å². The predicted octanol–water partition coefficient (Wildman–Crippen LogP) is 2.03. The highest BCUT2D eigenvalue weighted by atomic mass is 16.5. The molecule has 1 fully saturated rings. The zero-order chi connectivity index (χ0) is 18.4. The third-order valence-electron chi connectivity index (χ3n) is 4.41. The summed E-state index contributed by atoms with van der Waals surface area (Å²) in [6, 6.07) is 14.9. The molecule has 1 amide bonds. The molecule has 3 rings (SSSR count). The maximum absolute atomic E-state index is 12.3. The first-order valence-corrected chi connectivity index (χ1v) is 8.69. The third kappa shape index (κ3) is 4.74. The number of rotatable bonds is 6. The number of hydrogen-bond donors (Lipinski definition) is 2. The molecule has 1 aliphatic heterocycles. The Balaban J connectivity index is 1.51. The van der Waals surface area contributed by atoms with Gasteiger partial charge in [0.15, 0.2) is 0 Å². The largest absolute Gasteiger partial charge is 0.507 e. The van der Waals surface area contributed by atoms with Gasteiger partial charge in [-0.3, -0.25) is 9.69 Å². The van der Waals surface area contributed by atoms with Crippen LogP contribution >= 0.6 is 0 Å². The van der Waals surface area contributed by atoms with Crippen LogP contribution in [0.5, 0.6) is 11.5 Å². The molecule has 1 heterocycles. The maximum Gasteiger partial charge on any atom is 0.255 e. The smallest absolute Gasteiger partial charge is 0.255 e. The van der Waals surface area contributed by atoms with Gasteiger partial charge in [0.25, 0.3) is 5.91 Å². The fraction of sp³-hybridized carbons (Fsp3) is 0.350. The van der Waals surface area contributed by atoms with Gasteiger partial charge in [0, 0.05) is 32.2 Å². The molecule has 6 heteroatoms. The second-order valence-corrected chi connectivity index (χ2v) is 6.31. The van der Waals surface area contributed by atoms with Gasteiger partial charge in [0.05, 0.1) is 25.4 Å². The van der Waals surface area contributed by atoms with Crippen molar-refractivity contribution >= 4 is 5.91 Å². The molecule has 2 aromatic rings. The first-order valence-electron chi connectivity index (χ1n) is 8.69. The van der Waals surface area contributed by atoms with Crippen molar-refractivity contribution in [3.8, 4) is 11.5 Å². The van der Waals surface area contributed by atoms with Crippen molar-refractivity contribution in [3.63, 3.8) is 0 Å². The minimum Gasteiger partial charge on any atom is -0.507 e. The van der Waals surface area contributed by atoms with Crippen LogP contribution < -0.4 is 10.1 Å². The molecule has 26 heavy (non-hydrogen) atoms. The van der Waals surface area contributed by atoms with Crippen LogP contribution in [0.1, 0.15) is 15.9 Å². The van der Waals surface area contributed by atoms with Crippen LogP contribution in [0.15, 0.2) is 48.5 Å². The number of benzene rings is 2. The number of aromatic hydroxyl groups is 1. The van der Waals surface area contributed by atoms with Crippen LogP contribution in [0.2, 0.25) is 0 Å². The molecular formula is C20H24N2O4. The number of carbonyl (C=O) groups excluding carboxylic acids is 1. The fourth-order valence-corrected chi connectivity index (χ4v) is 3.02. The molecule has 0 unspecified atom stereocenters. The van der Waals surface area contributed by atoms with Gasteiger partial charge < -0.3 is 19.9 Å². The lowest BCUT2D eigenvalue weighted by Gasteiger charge is -2.33. The van der Waals surface area contributed by atoms with E-state index in [0.29, 0.717) is 18.9 Å². The third-order valence-corrected chi connectivity index (χ3v) is 4.41. The average Bonchev–Trinajstić information content (AvgIpc) is 2.67. The topological polar surface area (TPSA) is 71.0 Å². The van der Waals surface area contributed by atoms with Crippen LogP contribution in [0.25, 0.3) is 0 Å². The lowest BCUT2D eigenvalue weighted by Crippen LogP contribution is -2.47. The van der Waals surface area contributed by atoms with E-state index in [9.17, 15) is 9.90 Å². The number of morpholine rings is 1. The Labute approximate surface area is 153 Å². The van der Waals surface area contributed by atoms with Crippen molar-refractivity contribution in [2.75, 3.05) is 33.4 Å². The number of methoxy groups -OCH3 is 1. The molecule has 0 radical (unpaired) electrons. The van der Waals surface area contributed by atoms with E-state index in [2.05, 4.69) is 22.3 Å². The van der Waals surface area contributed by atoms with E-state index in [0.717, 1.165) is 19.6 Å². The lowest BCUT2D eigenvalue weighted by molar-refractivity contribution is -0.0292. The predicted molar refractivity (Wildman–Crippen MR) is 98.5 cm³/mol. The summed E-state index contributed by atoms with van der Waals surface area (Å²) in [5, 5.41) is 12.8. The van der Waals surface area contributed by atoms with Gasteiger partial charge in [-0.25, -0.2) is 0 Å². The second kappa shape index (κ2) is 8.69. The first kappa shape index (κ1) is 18.2. The number of hydrogen-bond acceptors (Lipinski definition) is 5. The highest BCUT2D eigenvalue weighted by Gasteiger charge is 2.22. The van der Waals surface area contributed by atoms with E-state index in [1.165, 1.54) is 18.7 Å². The Morgan fingerprint density at radius 3 is 2.85 bits per heavy atom. The number of carbonyl (C=O) groups is 1. The molecule has 2 aromatic carbocycles. The summed E-state index contributed by atoms with van der Waals surface area (Å²) in [7, 11) is 1.51. The van der Waals surface area contributed by atoms with Gasteiger partial charge in [0.2, 0.25) is 0 Å². The average molecular weight is 356 g/mol. The molecule has 1 saturated heterocycles. The molecule has 2 N–H and O–H groups in total.